The average molecular weight is 1280 g/mol. The van der Waals surface area contributed by atoms with Crippen molar-refractivity contribution in [1.82, 2.24) is 30.1 Å². The minimum absolute atomic E-state index is 0. The Morgan fingerprint density at radius 1 is 0.582 bits per heavy atom. The summed E-state index contributed by atoms with van der Waals surface area (Å²) in [5, 5.41) is 23.5. The number of aromatic nitrogens is 6. The summed E-state index contributed by atoms with van der Waals surface area (Å²) in [5.41, 5.74) is 9.06. The molecule has 9 rings (SSSR count). The third-order valence-electron chi connectivity index (χ3n) is 10.1. The predicted octanol–water partition coefficient (Wildman–Crippen LogP) is 15.2. The van der Waals surface area contributed by atoms with Crippen molar-refractivity contribution in [2.24, 2.45) is 0 Å². The molecule has 3 aromatic carbocycles. The van der Waals surface area contributed by atoms with Gasteiger partial charge in [-0.2, -0.15) is 0 Å². The smallest absolute Gasteiger partial charge is 0.672 e. The van der Waals surface area contributed by atoms with E-state index in [-0.39, 0.29) is 57.2 Å². The quantitative estimate of drug-likeness (QED) is 0.140. The SMILES string of the molecule is CC(C)(C)c1c[c-]c(-c2nccc3sccc23)cc1.CC(C)(C)c1c[c-]c(-c2nccc3sccc23)cc1.CC(C)[N-]C([N-]C(C)C)c1ccccc1.Cc1n[n-]c(-c2ccccn2)n1.[Ir+3].[Ir]. The fraction of sp³-hybridized carbons (Fsp3) is 0.291. The number of thiophene rings is 2. The van der Waals surface area contributed by atoms with Crippen LogP contribution in [-0.4, -0.2) is 37.1 Å². The second-order valence-electron chi connectivity index (χ2n) is 18.1. The number of fused-ring (bicyclic) bond motifs is 2. The van der Waals surface area contributed by atoms with E-state index >= 15 is 0 Å². The summed E-state index contributed by atoms with van der Waals surface area (Å²) < 4.78 is 2.55. The number of hydrogen-bond acceptors (Lipinski definition) is 7. The summed E-state index contributed by atoms with van der Waals surface area (Å²) in [4.78, 5) is 17.2. The van der Waals surface area contributed by atoms with Gasteiger partial charge in [0.15, 0.2) is 0 Å². The molecule has 0 unspecified atom stereocenters. The van der Waals surface area contributed by atoms with Gasteiger partial charge in [-0.05, 0) is 80.8 Å². The van der Waals surface area contributed by atoms with Crippen LogP contribution in [-0.2, 0) is 51.0 Å². The molecule has 0 saturated carbocycles. The molecular weight excluding hydrogens is 1220 g/mol. The van der Waals surface area contributed by atoms with Crippen molar-refractivity contribution in [2.75, 3.05) is 0 Å². The molecule has 9 aromatic rings. The van der Waals surface area contributed by atoms with Gasteiger partial charge >= 0.3 is 20.1 Å². The first-order valence-corrected chi connectivity index (χ1v) is 23.7. The maximum atomic E-state index is 4.62. The third kappa shape index (κ3) is 16.0. The number of rotatable bonds is 8. The molecule has 0 aliphatic carbocycles. The molecule has 1 radical (unpaired) electrons. The van der Waals surface area contributed by atoms with E-state index in [0.717, 1.165) is 28.2 Å². The number of pyridine rings is 3. The molecule has 0 fully saturated rings. The molecule has 0 atom stereocenters. The van der Waals surface area contributed by atoms with Crippen LogP contribution in [0.3, 0.4) is 0 Å². The van der Waals surface area contributed by atoms with Crippen LogP contribution in [0.25, 0.3) is 64.8 Å². The molecule has 0 spiro atoms. The van der Waals surface area contributed by atoms with E-state index in [0.29, 0.717) is 23.7 Å². The minimum atomic E-state index is -0.00815. The Morgan fingerprint density at radius 3 is 1.46 bits per heavy atom. The van der Waals surface area contributed by atoms with Gasteiger partial charge in [0, 0.05) is 53.9 Å². The summed E-state index contributed by atoms with van der Waals surface area (Å²) in [7, 11) is 0. The van der Waals surface area contributed by atoms with Gasteiger partial charge in [0.05, 0.1) is 5.69 Å². The molecule has 0 aliphatic rings. The molecule has 0 bridgehead atoms. The van der Waals surface area contributed by atoms with E-state index in [1.165, 1.54) is 36.9 Å². The Balaban J connectivity index is 0.000000196. The van der Waals surface area contributed by atoms with Gasteiger partial charge in [0.2, 0.25) is 0 Å². The molecule has 12 heteroatoms. The Hall–Kier alpha value is -4.61. The van der Waals surface area contributed by atoms with Gasteiger partial charge in [-0.1, -0.05) is 123 Å². The van der Waals surface area contributed by atoms with E-state index in [1.54, 1.807) is 35.8 Å². The maximum Gasteiger partial charge on any atom is 3.00 e. The predicted molar refractivity (Wildman–Crippen MR) is 275 cm³/mol. The van der Waals surface area contributed by atoms with Gasteiger partial charge in [-0.15, -0.1) is 106 Å². The second-order valence-corrected chi connectivity index (χ2v) is 20.0. The molecule has 0 saturated heterocycles. The van der Waals surface area contributed by atoms with Crippen LogP contribution < -0.4 is 5.10 Å². The first-order chi connectivity index (χ1) is 31.1. The van der Waals surface area contributed by atoms with E-state index in [2.05, 4.69) is 206 Å². The Bertz CT molecular complexity index is 2670. The second kappa shape index (κ2) is 25.7. The third-order valence-corrected chi connectivity index (χ3v) is 11.8. The Morgan fingerprint density at radius 2 is 1.07 bits per heavy atom. The molecule has 351 valence electrons. The maximum absolute atomic E-state index is 4.62. The fourth-order valence-electron chi connectivity index (χ4n) is 6.62. The van der Waals surface area contributed by atoms with Crippen LogP contribution in [0.5, 0.6) is 0 Å². The molecule has 6 heterocycles. The van der Waals surface area contributed by atoms with E-state index in [9.17, 15) is 0 Å². The molecule has 67 heavy (non-hydrogen) atoms. The van der Waals surface area contributed by atoms with Crippen molar-refractivity contribution in [3.8, 4) is 34.0 Å². The van der Waals surface area contributed by atoms with Crippen LogP contribution in [0.1, 0.15) is 97.9 Å². The van der Waals surface area contributed by atoms with Gasteiger partial charge in [0.1, 0.15) is 0 Å². The Kier molecular flexibility index (Phi) is 21.1. The van der Waals surface area contributed by atoms with Crippen molar-refractivity contribution in [3.63, 3.8) is 0 Å². The summed E-state index contributed by atoms with van der Waals surface area (Å²) in [5.74, 6) is 1.27. The molecule has 8 nitrogen and oxygen atoms in total. The standard InChI is InChI=1S/2C17H16NS.C13H20N2.C8H7N4.2Ir/c2*1-17(2,3)13-6-4-12(5-7-13)16-14-9-11-19-15(14)8-10-18-16;1-10(2)14-13(15-11(3)4)12-8-6-5-7-9-12;1-6-10-8(12-11-6)7-4-2-3-5-9-7;;/h2*4,6-11H,1-3H3;5-11,13H,1-4H3;2-5H,1H3;;/q2*-1;-2;-1;;+3. The van der Waals surface area contributed by atoms with Gasteiger partial charge < -0.3 is 30.7 Å². The molecular formula is C55H59Ir2N8S2-2. The zero-order valence-corrected chi connectivity index (χ0v) is 46.5. The van der Waals surface area contributed by atoms with Crippen LogP contribution in [0.15, 0.2) is 139 Å². The summed E-state index contributed by atoms with van der Waals surface area (Å²) >= 11 is 3.50. The average Bonchev–Trinajstić information content (AvgIpc) is 4.08. The normalized spacial score (nSPS) is 11.2. The zero-order valence-electron chi connectivity index (χ0n) is 40.1. The minimum Gasteiger partial charge on any atom is -0.672 e. The topological polar surface area (TPSA) is 107 Å². The van der Waals surface area contributed by atoms with Crippen LogP contribution in [0.4, 0.5) is 0 Å². The first-order valence-electron chi connectivity index (χ1n) is 22.0. The fourth-order valence-corrected chi connectivity index (χ4v) is 8.18. The van der Waals surface area contributed by atoms with Crippen LogP contribution in [0.2, 0.25) is 0 Å². The van der Waals surface area contributed by atoms with Crippen LogP contribution >= 0.6 is 22.7 Å². The van der Waals surface area contributed by atoms with Gasteiger partial charge in [-0.25, -0.2) is 6.17 Å². The Labute approximate surface area is 433 Å². The number of nitrogens with zero attached hydrogens (tertiary/aromatic N) is 8. The van der Waals surface area contributed by atoms with E-state index < -0.39 is 0 Å². The van der Waals surface area contributed by atoms with Gasteiger partial charge in [-0.3, -0.25) is 10.1 Å². The number of hydrogen-bond donors (Lipinski definition) is 0. The van der Waals surface area contributed by atoms with E-state index in [1.807, 2.05) is 48.8 Å². The van der Waals surface area contributed by atoms with Crippen molar-refractivity contribution in [3.05, 3.63) is 184 Å². The molecule has 0 amide bonds. The summed E-state index contributed by atoms with van der Waals surface area (Å²) in [6.45, 7) is 23.5. The number of benzene rings is 3. The summed E-state index contributed by atoms with van der Waals surface area (Å²) in [6.07, 6.45) is 5.45. The van der Waals surface area contributed by atoms with Crippen molar-refractivity contribution in [1.29, 1.82) is 0 Å². The van der Waals surface area contributed by atoms with E-state index in [4.69, 9.17) is 0 Å². The first kappa shape index (κ1) is 55.0. The molecule has 0 aliphatic heterocycles. The summed E-state index contributed by atoms with van der Waals surface area (Å²) in [6, 6.07) is 44.4. The monoisotopic (exact) mass is 1280 g/mol. The molecule has 6 aromatic heterocycles. The molecule has 0 N–H and O–H groups in total. The van der Waals surface area contributed by atoms with Crippen molar-refractivity contribution < 1.29 is 40.2 Å². The van der Waals surface area contributed by atoms with Crippen LogP contribution in [0, 0.1) is 19.1 Å². The largest absolute Gasteiger partial charge is 3.00 e. The van der Waals surface area contributed by atoms with Crippen molar-refractivity contribution >= 4 is 42.8 Å². The number of aryl methyl sites for hydroxylation is 1. The zero-order chi connectivity index (χ0) is 46.6. The van der Waals surface area contributed by atoms with Gasteiger partial charge in [0.25, 0.3) is 0 Å². The van der Waals surface area contributed by atoms with Crippen molar-refractivity contribution in [2.45, 2.75) is 105 Å².